The molecule has 162 valence electrons. The normalized spacial score (nSPS) is 27.9. The number of rotatable bonds is 3. The smallest absolute Gasteiger partial charge is 0.232 e. The maximum atomic E-state index is 13.5. The number of likely N-dealkylation sites (tertiary alicyclic amines) is 2. The van der Waals surface area contributed by atoms with E-state index in [4.69, 9.17) is 4.74 Å². The molecule has 1 spiro atoms. The molecular formula is C25H34N2O3. The lowest BCUT2D eigenvalue weighted by atomic mass is 9.59. The summed E-state index contributed by atoms with van der Waals surface area (Å²) in [5.41, 5.74) is 1.12. The quantitative estimate of drug-likeness (QED) is 0.709. The molecule has 1 saturated carbocycles. The van der Waals surface area contributed by atoms with Crippen LogP contribution in [-0.4, -0.2) is 54.0 Å². The Balaban J connectivity index is 1.29. The van der Waals surface area contributed by atoms with Crippen LogP contribution in [0.15, 0.2) is 30.3 Å². The molecule has 3 saturated heterocycles. The zero-order valence-electron chi connectivity index (χ0n) is 17.9. The van der Waals surface area contributed by atoms with Crippen LogP contribution in [0.25, 0.3) is 0 Å². The van der Waals surface area contributed by atoms with E-state index in [1.54, 1.807) is 0 Å². The Kier molecular flexibility index (Phi) is 5.57. The number of carbonyl (C=O) groups is 2. The number of nitrogens with zero attached hydrogens (tertiary/aromatic N) is 2. The Labute approximate surface area is 179 Å². The van der Waals surface area contributed by atoms with Crippen molar-refractivity contribution in [2.75, 3.05) is 26.3 Å². The van der Waals surface area contributed by atoms with Gasteiger partial charge in [0.2, 0.25) is 11.8 Å². The van der Waals surface area contributed by atoms with Gasteiger partial charge >= 0.3 is 0 Å². The van der Waals surface area contributed by atoms with Gasteiger partial charge in [-0.05, 0) is 44.1 Å². The van der Waals surface area contributed by atoms with Crippen molar-refractivity contribution < 1.29 is 14.3 Å². The van der Waals surface area contributed by atoms with E-state index in [-0.39, 0.29) is 23.4 Å². The molecule has 3 heterocycles. The molecule has 4 fully saturated rings. The minimum Gasteiger partial charge on any atom is -0.381 e. The lowest BCUT2D eigenvalue weighted by molar-refractivity contribution is -0.187. The summed E-state index contributed by atoms with van der Waals surface area (Å²) >= 11 is 0. The number of hydrogen-bond donors (Lipinski definition) is 0. The van der Waals surface area contributed by atoms with Gasteiger partial charge in [-0.25, -0.2) is 0 Å². The van der Waals surface area contributed by atoms with Gasteiger partial charge in [0.05, 0.1) is 11.5 Å². The van der Waals surface area contributed by atoms with Crippen molar-refractivity contribution in [3.63, 3.8) is 0 Å². The van der Waals surface area contributed by atoms with Crippen LogP contribution < -0.4 is 0 Å². The van der Waals surface area contributed by atoms with E-state index in [0.29, 0.717) is 25.0 Å². The molecule has 0 radical (unpaired) electrons. The zero-order valence-corrected chi connectivity index (χ0v) is 17.9. The van der Waals surface area contributed by atoms with Gasteiger partial charge in [0.15, 0.2) is 0 Å². The Hall–Kier alpha value is -1.88. The Morgan fingerprint density at radius 3 is 2.27 bits per heavy atom. The highest BCUT2D eigenvalue weighted by molar-refractivity contribution is 5.91. The summed E-state index contributed by atoms with van der Waals surface area (Å²) in [6.45, 7) is 2.96. The van der Waals surface area contributed by atoms with Crippen LogP contribution in [0.1, 0.15) is 69.4 Å². The third-order valence-corrected chi connectivity index (χ3v) is 8.06. The molecule has 5 heteroatoms. The molecule has 2 amide bonds. The van der Waals surface area contributed by atoms with Crippen molar-refractivity contribution in [1.82, 2.24) is 9.80 Å². The molecular weight excluding hydrogens is 376 g/mol. The van der Waals surface area contributed by atoms with E-state index in [9.17, 15) is 9.59 Å². The fourth-order valence-electron chi connectivity index (χ4n) is 6.42. The topological polar surface area (TPSA) is 49.9 Å². The first kappa shape index (κ1) is 20.0. The number of ether oxygens (including phenoxy) is 1. The van der Waals surface area contributed by atoms with Crippen LogP contribution in [0.4, 0.5) is 0 Å². The maximum Gasteiger partial charge on any atom is 0.232 e. The summed E-state index contributed by atoms with van der Waals surface area (Å²) in [5.74, 6) is 0.809. The van der Waals surface area contributed by atoms with Gasteiger partial charge in [-0.1, -0.05) is 49.6 Å². The molecule has 0 aromatic heterocycles. The summed E-state index contributed by atoms with van der Waals surface area (Å²) in [4.78, 5) is 30.7. The van der Waals surface area contributed by atoms with Crippen LogP contribution in [-0.2, 0) is 14.3 Å². The van der Waals surface area contributed by atoms with Crippen molar-refractivity contribution in [2.24, 2.45) is 11.3 Å². The number of piperidine rings is 1. The third kappa shape index (κ3) is 3.35. The molecule has 0 bridgehead atoms. The first-order valence-corrected chi connectivity index (χ1v) is 11.9. The molecule has 5 rings (SSSR count). The molecule has 4 aliphatic rings. The Bertz CT molecular complexity index is 760. The van der Waals surface area contributed by atoms with Crippen LogP contribution in [0.2, 0.25) is 0 Å². The van der Waals surface area contributed by atoms with Crippen molar-refractivity contribution in [3.8, 4) is 0 Å². The van der Waals surface area contributed by atoms with E-state index >= 15 is 0 Å². The number of carbonyl (C=O) groups excluding carboxylic acids is 2. The summed E-state index contributed by atoms with van der Waals surface area (Å²) in [6, 6.07) is 11.1. The Morgan fingerprint density at radius 2 is 1.60 bits per heavy atom. The van der Waals surface area contributed by atoms with Gasteiger partial charge in [-0.3, -0.25) is 9.59 Å². The highest BCUT2D eigenvalue weighted by Gasteiger charge is 2.62. The maximum absolute atomic E-state index is 13.5. The van der Waals surface area contributed by atoms with Crippen LogP contribution >= 0.6 is 0 Å². The van der Waals surface area contributed by atoms with E-state index in [0.717, 1.165) is 51.6 Å². The second kappa shape index (κ2) is 8.33. The second-order valence-electron chi connectivity index (χ2n) is 9.69. The predicted molar refractivity (Wildman–Crippen MR) is 115 cm³/mol. The molecule has 1 aromatic carbocycles. The number of amides is 2. The molecule has 30 heavy (non-hydrogen) atoms. The molecule has 1 aliphatic carbocycles. The fourth-order valence-corrected chi connectivity index (χ4v) is 6.42. The van der Waals surface area contributed by atoms with Gasteiger partial charge in [0.1, 0.15) is 0 Å². The number of benzene rings is 1. The average Bonchev–Trinajstić information content (AvgIpc) is 2.83. The minimum atomic E-state index is -0.172. The average molecular weight is 411 g/mol. The molecule has 3 aliphatic heterocycles. The van der Waals surface area contributed by atoms with Gasteiger partial charge < -0.3 is 14.5 Å². The highest BCUT2D eigenvalue weighted by atomic mass is 16.5. The SMILES string of the molecule is O=C(C1CCOCC1)N1CCC(N2C(=O)C3(CCCCC3)C2c2ccccc2)CC1. The largest absolute Gasteiger partial charge is 0.381 e. The standard InChI is InChI=1S/C25H34N2O3/c28-23(20-11-17-30-18-12-20)26-15-9-21(10-16-26)27-22(19-7-3-1-4-8-19)25(24(27)29)13-5-2-6-14-25/h1,3-4,7-8,20-22H,2,5-6,9-18H2. The summed E-state index contributed by atoms with van der Waals surface area (Å²) in [5, 5.41) is 0. The van der Waals surface area contributed by atoms with E-state index < -0.39 is 0 Å². The number of β-lactam (4-membered cyclic amide) rings is 1. The monoisotopic (exact) mass is 410 g/mol. The molecule has 1 unspecified atom stereocenters. The lowest BCUT2D eigenvalue weighted by Gasteiger charge is -2.61. The summed E-state index contributed by atoms with van der Waals surface area (Å²) < 4.78 is 5.41. The summed E-state index contributed by atoms with van der Waals surface area (Å²) in [6.07, 6.45) is 9.15. The second-order valence-corrected chi connectivity index (χ2v) is 9.69. The van der Waals surface area contributed by atoms with Crippen LogP contribution in [0.5, 0.6) is 0 Å². The van der Waals surface area contributed by atoms with Crippen molar-refractivity contribution >= 4 is 11.8 Å². The van der Waals surface area contributed by atoms with Crippen LogP contribution in [0, 0.1) is 11.3 Å². The molecule has 1 atom stereocenters. The van der Waals surface area contributed by atoms with Gasteiger partial charge in [0, 0.05) is 38.3 Å². The zero-order chi connectivity index (χ0) is 20.6. The summed E-state index contributed by atoms with van der Waals surface area (Å²) in [7, 11) is 0. The molecule has 5 nitrogen and oxygen atoms in total. The Morgan fingerprint density at radius 1 is 0.933 bits per heavy atom. The van der Waals surface area contributed by atoms with Crippen molar-refractivity contribution in [2.45, 2.75) is 69.9 Å². The highest BCUT2D eigenvalue weighted by Crippen LogP contribution is 2.59. The molecule has 1 aromatic rings. The van der Waals surface area contributed by atoms with Crippen molar-refractivity contribution in [3.05, 3.63) is 35.9 Å². The van der Waals surface area contributed by atoms with E-state index in [2.05, 4.69) is 35.2 Å². The minimum absolute atomic E-state index is 0.128. The molecule has 0 N–H and O–H groups in total. The first-order valence-electron chi connectivity index (χ1n) is 11.9. The van der Waals surface area contributed by atoms with Gasteiger partial charge in [0.25, 0.3) is 0 Å². The van der Waals surface area contributed by atoms with Gasteiger partial charge in [-0.2, -0.15) is 0 Å². The van der Waals surface area contributed by atoms with Gasteiger partial charge in [-0.15, -0.1) is 0 Å². The van der Waals surface area contributed by atoms with E-state index in [1.807, 2.05) is 4.90 Å². The first-order chi connectivity index (χ1) is 14.7. The predicted octanol–water partition coefficient (Wildman–Crippen LogP) is 3.94. The van der Waals surface area contributed by atoms with Crippen molar-refractivity contribution in [1.29, 1.82) is 0 Å². The van der Waals surface area contributed by atoms with Crippen LogP contribution in [0.3, 0.4) is 0 Å². The third-order valence-electron chi connectivity index (χ3n) is 8.06. The number of hydrogen-bond acceptors (Lipinski definition) is 3. The van der Waals surface area contributed by atoms with E-state index in [1.165, 1.54) is 24.8 Å². The lowest BCUT2D eigenvalue weighted by Crippen LogP contribution is -2.68. The fraction of sp³-hybridized carbons (Fsp3) is 0.680.